The number of hydrogen-bond donors (Lipinski definition) is 0. The van der Waals surface area contributed by atoms with Crippen LogP contribution in [0.15, 0.2) is 12.1 Å². The summed E-state index contributed by atoms with van der Waals surface area (Å²) >= 11 is 6.12. The van der Waals surface area contributed by atoms with E-state index in [1.54, 1.807) is 0 Å². The molecule has 0 radical (unpaired) electrons. The zero-order chi connectivity index (χ0) is 14.7. The van der Waals surface area contributed by atoms with Crippen LogP contribution >= 0.6 is 11.6 Å². The molecule has 1 aromatic rings. The Hall–Kier alpha value is -1.06. The molecule has 0 aliphatic carbocycles. The summed E-state index contributed by atoms with van der Waals surface area (Å²) in [6.45, 7) is 1.53. The lowest BCUT2D eigenvalue weighted by Gasteiger charge is -2.22. The van der Waals surface area contributed by atoms with E-state index in [-0.39, 0.29) is 11.9 Å². The van der Waals surface area contributed by atoms with Crippen LogP contribution in [0.3, 0.4) is 0 Å². The highest BCUT2D eigenvalue weighted by molar-refractivity contribution is 6.30. The molecule has 3 rings (SSSR count). The molecule has 0 N–H and O–H groups in total. The van der Waals surface area contributed by atoms with E-state index in [0.29, 0.717) is 24.5 Å². The van der Waals surface area contributed by atoms with E-state index >= 15 is 0 Å². The molecule has 2 heterocycles. The number of benzene rings is 1. The van der Waals surface area contributed by atoms with Crippen molar-refractivity contribution in [3.05, 3.63) is 28.3 Å². The van der Waals surface area contributed by atoms with Crippen molar-refractivity contribution in [2.45, 2.75) is 51.0 Å². The van der Waals surface area contributed by atoms with Gasteiger partial charge in [0.15, 0.2) is 0 Å². The first-order valence-electron chi connectivity index (χ1n) is 7.80. The van der Waals surface area contributed by atoms with Gasteiger partial charge in [0.25, 0.3) is 0 Å². The van der Waals surface area contributed by atoms with Gasteiger partial charge in [0.2, 0.25) is 0 Å². The Labute approximate surface area is 130 Å². The Kier molecular flexibility index (Phi) is 4.81. The van der Waals surface area contributed by atoms with Crippen molar-refractivity contribution in [1.29, 1.82) is 0 Å². The summed E-state index contributed by atoms with van der Waals surface area (Å²) < 4.78 is 11.3. The van der Waals surface area contributed by atoms with Crippen molar-refractivity contribution in [3.63, 3.8) is 0 Å². The molecule has 1 unspecified atom stereocenters. The van der Waals surface area contributed by atoms with Crippen LogP contribution in [-0.4, -0.2) is 25.1 Å². The van der Waals surface area contributed by atoms with Crippen LogP contribution in [0.4, 0.5) is 0 Å². The first-order chi connectivity index (χ1) is 10.2. The van der Waals surface area contributed by atoms with Crippen LogP contribution in [-0.2, 0) is 22.4 Å². The first-order valence-corrected chi connectivity index (χ1v) is 8.17. The van der Waals surface area contributed by atoms with Crippen molar-refractivity contribution < 1.29 is 14.3 Å². The first kappa shape index (κ1) is 14.9. The molecule has 1 fully saturated rings. The average Bonchev–Trinajstić information content (AvgIpc) is 2.94. The van der Waals surface area contributed by atoms with Crippen LogP contribution in [0.2, 0.25) is 5.02 Å². The molecule has 1 atom stereocenters. The lowest BCUT2D eigenvalue weighted by molar-refractivity contribution is -0.119. The Morgan fingerprint density at radius 1 is 1.29 bits per heavy atom. The fourth-order valence-corrected chi connectivity index (χ4v) is 3.40. The van der Waals surface area contributed by atoms with Crippen LogP contribution in [0, 0.1) is 0 Å². The molecule has 0 spiro atoms. The third-order valence-electron chi connectivity index (χ3n) is 4.23. The third-order valence-corrected chi connectivity index (χ3v) is 4.45. The van der Waals surface area contributed by atoms with Crippen LogP contribution in [0.5, 0.6) is 5.75 Å². The Bertz CT molecular complexity index is 521. The summed E-state index contributed by atoms with van der Waals surface area (Å²) in [5.41, 5.74) is 2.06. The molecular formula is C17H21ClO3. The highest BCUT2D eigenvalue weighted by atomic mass is 35.5. The van der Waals surface area contributed by atoms with E-state index in [1.807, 2.05) is 12.1 Å². The van der Waals surface area contributed by atoms with Gasteiger partial charge in [0.1, 0.15) is 11.5 Å². The summed E-state index contributed by atoms with van der Waals surface area (Å²) in [6, 6.07) is 3.80. The quantitative estimate of drug-likeness (QED) is 0.831. The summed E-state index contributed by atoms with van der Waals surface area (Å²) in [6.07, 6.45) is 6.43. The van der Waals surface area contributed by atoms with Gasteiger partial charge < -0.3 is 9.47 Å². The molecule has 2 aliphatic heterocycles. The van der Waals surface area contributed by atoms with Gasteiger partial charge in [-0.1, -0.05) is 11.6 Å². The molecular weight excluding hydrogens is 288 g/mol. The standard InChI is InChI=1S/C17H21ClO3/c18-14-9-12-6-8-21-17(12)13(10-14)11-15(19)4-5-16-3-1-2-7-20-16/h9-10,16H,1-8,11H2. The lowest BCUT2D eigenvalue weighted by Crippen LogP contribution is -2.20. The van der Waals surface area contributed by atoms with Crippen LogP contribution in [0.25, 0.3) is 0 Å². The molecule has 0 bridgehead atoms. The van der Waals surface area contributed by atoms with Gasteiger partial charge in [0.05, 0.1) is 12.7 Å². The minimum atomic E-state index is 0.240. The van der Waals surface area contributed by atoms with Crippen molar-refractivity contribution in [3.8, 4) is 5.75 Å². The van der Waals surface area contributed by atoms with Crippen LogP contribution in [0.1, 0.15) is 43.2 Å². The molecule has 3 nitrogen and oxygen atoms in total. The molecule has 1 aromatic carbocycles. The largest absolute Gasteiger partial charge is 0.493 e. The number of ether oxygens (including phenoxy) is 2. The summed E-state index contributed by atoms with van der Waals surface area (Å²) in [5.74, 6) is 1.12. The zero-order valence-corrected chi connectivity index (χ0v) is 13.0. The average molecular weight is 309 g/mol. The minimum Gasteiger partial charge on any atom is -0.493 e. The van der Waals surface area contributed by atoms with E-state index < -0.39 is 0 Å². The SMILES string of the molecule is O=C(CCC1CCCCO1)Cc1cc(Cl)cc2c1OCC2. The van der Waals surface area contributed by atoms with Gasteiger partial charge >= 0.3 is 0 Å². The zero-order valence-electron chi connectivity index (χ0n) is 12.2. The molecule has 0 aromatic heterocycles. The summed E-state index contributed by atoms with van der Waals surface area (Å²) in [4.78, 5) is 12.2. The molecule has 114 valence electrons. The molecule has 2 aliphatic rings. The second-order valence-electron chi connectivity index (χ2n) is 5.89. The number of rotatable bonds is 5. The number of carbonyl (C=O) groups is 1. The van der Waals surface area contributed by atoms with Crippen molar-refractivity contribution in [2.75, 3.05) is 13.2 Å². The molecule has 4 heteroatoms. The maximum atomic E-state index is 12.2. The smallest absolute Gasteiger partial charge is 0.137 e. The van der Waals surface area contributed by atoms with Crippen molar-refractivity contribution >= 4 is 17.4 Å². The number of hydrogen-bond acceptors (Lipinski definition) is 3. The molecule has 1 saturated heterocycles. The van der Waals surface area contributed by atoms with E-state index in [2.05, 4.69) is 0 Å². The van der Waals surface area contributed by atoms with Crippen molar-refractivity contribution in [2.24, 2.45) is 0 Å². The fraction of sp³-hybridized carbons (Fsp3) is 0.588. The Balaban J connectivity index is 1.57. The maximum absolute atomic E-state index is 12.2. The van der Waals surface area contributed by atoms with Gasteiger partial charge in [-0.25, -0.2) is 0 Å². The second kappa shape index (κ2) is 6.80. The van der Waals surface area contributed by atoms with Gasteiger partial charge in [0, 0.05) is 36.5 Å². The van der Waals surface area contributed by atoms with E-state index in [4.69, 9.17) is 21.1 Å². The van der Waals surface area contributed by atoms with Gasteiger partial charge in [-0.05, 0) is 43.4 Å². The minimum absolute atomic E-state index is 0.240. The number of Topliss-reactive ketones (excluding diaryl/α,β-unsaturated/α-hetero) is 1. The normalized spacial score (nSPS) is 20.9. The topological polar surface area (TPSA) is 35.5 Å². The Morgan fingerprint density at radius 2 is 2.19 bits per heavy atom. The number of halogens is 1. The molecule has 0 saturated carbocycles. The second-order valence-corrected chi connectivity index (χ2v) is 6.33. The lowest BCUT2D eigenvalue weighted by atomic mass is 9.98. The van der Waals surface area contributed by atoms with Gasteiger partial charge in [-0.15, -0.1) is 0 Å². The Morgan fingerprint density at radius 3 is 3.00 bits per heavy atom. The number of ketones is 1. The molecule has 21 heavy (non-hydrogen) atoms. The monoisotopic (exact) mass is 308 g/mol. The van der Waals surface area contributed by atoms with Gasteiger partial charge in [-0.2, -0.15) is 0 Å². The maximum Gasteiger partial charge on any atom is 0.137 e. The molecule has 0 amide bonds. The van der Waals surface area contributed by atoms with E-state index in [0.717, 1.165) is 49.2 Å². The highest BCUT2D eigenvalue weighted by Gasteiger charge is 2.20. The highest BCUT2D eigenvalue weighted by Crippen LogP contribution is 2.33. The fourth-order valence-electron chi connectivity index (χ4n) is 3.14. The third kappa shape index (κ3) is 3.78. The van der Waals surface area contributed by atoms with Crippen LogP contribution < -0.4 is 4.74 Å². The number of carbonyl (C=O) groups excluding carboxylic acids is 1. The predicted molar refractivity (Wildman–Crippen MR) is 82.2 cm³/mol. The number of fused-ring (bicyclic) bond motifs is 1. The van der Waals surface area contributed by atoms with Gasteiger partial charge in [-0.3, -0.25) is 4.79 Å². The van der Waals surface area contributed by atoms with Crippen molar-refractivity contribution in [1.82, 2.24) is 0 Å². The predicted octanol–water partition coefficient (Wildman–Crippen LogP) is 3.74. The summed E-state index contributed by atoms with van der Waals surface area (Å²) in [7, 11) is 0. The summed E-state index contributed by atoms with van der Waals surface area (Å²) in [5, 5.41) is 0.692. The van der Waals surface area contributed by atoms with E-state index in [1.165, 1.54) is 6.42 Å². The van der Waals surface area contributed by atoms with E-state index in [9.17, 15) is 4.79 Å².